The normalized spacial score (nSPS) is 12.2. The van der Waals surface area contributed by atoms with E-state index in [1.165, 1.54) is 25.3 Å². The Morgan fingerprint density at radius 2 is 2.21 bits per heavy atom. The van der Waals surface area contributed by atoms with Crippen LogP contribution in [0, 0.1) is 5.82 Å². The first kappa shape index (κ1) is 13.3. The molecular weight excluding hydrogens is 249 g/mol. The third-order valence-electron chi connectivity index (χ3n) is 2.72. The summed E-state index contributed by atoms with van der Waals surface area (Å²) in [5, 5.41) is 12.7. The Kier molecular flexibility index (Phi) is 3.97. The van der Waals surface area contributed by atoms with Gasteiger partial charge >= 0.3 is 0 Å². The van der Waals surface area contributed by atoms with Gasteiger partial charge in [0.2, 0.25) is 0 Å². The SMILES string of the molecule is CC(=O)c1c(F)cccc1NCC(O)c1ccco1. The number of anilines is 1. The highest BCUT2D eigenvalue weighted by atomic mass is 19.1. The van der Waals surface area contributed by atoms with Gasteiger partial charge in [-0.3, -0.25) is 4.79 Å². The number of aliphatic hydroxyl groups excluding tert-OH is 1. The maximum absolute atomic E-state index is 13.6. The van der Waals surface area contributed by atoms with Gasteiger partial charge in [0.1, 0.15) is 17.7 Å². The minimum absolute atomic E-state index is 0.00542. The van der Waals surface area contributed by atoms with Gasteiger partial charge in [-0.15, -0.1) is 0 Å². The van der Waals surface area contributed by atoms with Crippen LogP contribution in [0.5, 0.6) is 0 Å². The van der Waals surface area contributed by atoms with Crippen molar-refractivity contribution >= 4 is 11.5 Å². The first-order chi connectivity index (χ1) is 9.09. The van der Waals surface area contributed by atoms with E-state index < -0.39 is 11.9 Å². The summed E-state index contributed by atoms with van der Waals surface area (Å²) in [6, 6.07) is 7.63. The van der Waals surface area contributed by atoms with Crippen LogP contribution in [-0.2, 0) is 0 Å². The molecule has 1 atom stereocenters. The third-order valence-corrected chi connectivity index (χ3v) is 2.72. The summed E-state index contributed by atoms with van der Waals surface area (Å²) in [6.07, 6.45) is 0.597. The molecule has 0 aliphatic rings. The van der Waals surface area contributed by atoms with Crippen molar-refractivity contribution in [2.75, 3.05) is 11.9 Å². The number of hydrogen-bond donors (Lipinski definition) is 2. The number of hydrogen-bond acceptors (Lipinski definition) is 4. The summed E-state index contributed by atoms with van der Waals surface area (Å²) >= 11 is 0. The Labute approximate surface area is 109 Å². The Morgan fingerprint density at radius 3 is 2.84 bits per heavy atom. The van der Waals surface area contributed by atoms with Crippen LogP contribution in [0.15, 0.2) is 41.0 Å². The predicted octanol–water partition coefficient (Wildman–Crippen LogP) is 2.77. The zero-order chi connectivity index (χ0) is 13.8. The Morgan fingerprint density at radius 1 is 1.42 bits per heavy atom. The third kappa shape index (κ3) is 3.00. The zero-order valence-corrected chi connectivity index (χ0v) is 10.4. The van der Waals surface area contributed by atoms with Crippen molar-refractivity contribution in [3.8, 4) is 0 Å². The van der Waals surface area contributed by atoms with Gasteiger partial charge < -0.3 is 14.8 Å². The second-order valence-corrected chi connectivity index (χ2v) is 4.13. The number of carbonyl (C=O) groups is 1. The summed E-state index contributed by atoms with van der Waals surface area (Å²) in [5.74, 6) is -0.536. The van der Waals surface area contributed by atoms with Crippen molar-refractivity contribution < 1.29 is 18.7 Å². The van der Waals surface area contributed by atoms with Crippen molar-refractivity contribution in [3.63, 3.8) is 0 Å². The van der Waals surface area contributed by atoms with E-state index in [0.29, 0.717) is 11.4 Å². The van der Waals surface area contributed by atoms with E-state index >= 15 is 0 Å². The van der Waals surface area contributed by atoms with E-state index in [1.807, 2.05) is 0 Å². The average Bonchev–Trinajstić information content (AvgIpc) is 2.89. The second-order valence-electron chi connectivity index (χ2n) is 4.13. The van der Waals surface area contributed by atoms with Gasteiger partial charge in [0.15, 0.2) is 5.78 Å². The van der Waals surface area contributed by atoms with Crippen LogP contribution in [0.1, 0.15) is 29.1 Å². The number of Topliss-reactive ketones (excluding diaryl/α,β-unsaturated/α-hetero) is 1. The van der Waals surface area contributed by atoms with Crippen LogP contribution < -0.4 is 5.32 Å². The molecule has 100 valence electrons. The van der Waals surface area contributed by atoms with E-state index in [1.54, 1.807) is 18.2 Å². The maximum atomic E-state index is 13.6. The Bertz CT molecular complexity index is 566. The molecule has 2 N–H and O–H groups in total. The van der Waals surface area contributed by atoms with Crippen molar-refractivity contribution in [3.05, 3.63) is 53.7 Å². The van der Waals surface area contributed by atoms with Gasteiger partial charge in [-0.05, 0) is 31.2 Å². The fourth-order valence-corrected chi connectivity index (χ4v) is 1.82. The number of furan rings is 1. The van der Waals surface area contributed by atoms with Crippen LogP contribution in [0.2, 0.25) is 0 Å². The molecule has 1 aromatic heterocycles. The topological polar surface area (TPSA) is 62.5 Å². The number of nitrogens with one attached hydrogen (secondary N) is 1. The number of rotatable bonds is 5. The molecule has 0 fully saturated rings. The highest BCUT2D eigenvalue weighted by Gasteiger charge is 2.15. The quantitative estimate of drug-likeness (QED) is 0.814. The predicted molar refractivity (Wildman–Crippen MR) is 68.6 cm³/mol. The first-order valence-electron chi connectivity index (χ1n) is 5.84. The molecule has 5 heteroatoms. The van der Waals surface area contributed by atoms with Crippen molar-refractivity contribution in [1.29, 1.82) is 0 Å². The van der Waals surface area contributed by atoms with E-state index in [4.69, 9.17) is 4.42 Å². The standard InChI is InChI=1S/C14H14FNO3/c1-9(17)14-10(15)4-2-5-11(14)16-8-12(18)13-6-3-7-19-13/h2-7,12,16,18H,8H2,1H3. The average molecular weight is 263 g/mol. The lowest BCUT2D eigenvalue weighted by molar-refractivity contribution is 0.101. The lowest BCUT2D eigenvalue weighted by Gasteiger charge is -2.13. The lowest BCUT2D eigenvalue weighted by Crippen LogP contribution is -2.14. The molecule has 0 saturated heterocycles. The molecule has 0 amide bonds. The van der Waals surface area contributed by atoms with Gasteiger partial charge in [-0.1, -0.05) is 6.07 Å². The molecule has 0 saturated carbocycles. The van der Waals surface area contributed by atoms with Crippen molar-refractivity contribution in [2.24, 2.45) is 0 Å². The zero-order valence-electron chi connectivity index (χ0n) is 10.4. The van der Waals surface area contributed by atoms with Crippen LogP contribution in [-0.4, -0.2) is 17.4 Å². The fraction of sp³-hybridized carbons (Fsp3) is 0.214. The monoisotopic (exact) mass is 263 g/mol. The van der Waals surface area contributed by atoms with Gasteiger partial charge in [-0.25, -0.2) is 4.39 Å². The summed E-state index contributed by atoms with van der Waals surface area (Å²) in [7, 11) is 0. The van der Waals surface area contributed by atoms with Gasteiger partial charge in [0.25, 0.3) is 0 Å². The van der Waals surface area contributed by atoms with Crippen molar-refractivity contribution in [1.82, 2.24) is 0 Å². The lowest BCUT2D eigenvalue weighted by atomic mass is 10.1. The van der Waals surface area contributed by atoms with Crippen LogP contribution in [0.4, 0.5) is 10.1 Å². The van der Waals surface area contributed by atoms with Crippen molar-refractivity contribution in [2.45, 2.75) is 13.0 Å². The van der Waals surface area contributed by atoms with Crippen LogP contribution in [0.25, 0.3) is 0 Å². The summed E-state index contributed by atoms with van der Waals surface area (Å²) in [5.41, 5.74) is 0.354. The minimum Gasteiger partial charge on any atom is -0.467 e. The molecule has 4 nitrogen and oxygen atoms in total. The smallest absolute Gasteiger partial charge is 0.164 e. The number of benzene rings is 1. The molecule has 1 unspecified atom stereocenters. The Balaban J connectivity index is 2.12. The molecule has 1 aromatic carbocycles. The van der Waals surface area contributed by atoms with Crippen LogP contribution >= 0.6 is 0 Å². The number of ketones is 1. The summed E-state index contributed by atoms with van der Waals surface area (Å²) in [4.78, 5) is 11.4. The summed E-state index contributed by atoms with van der Waals surface area (Å²) < 4.78 is 18.6. The van der Waals surface area contributed by atoms with Gasteiger partial charge in [-0.2, -0.15) is 0 Å². The molecule has 0 bridgehead atoms. The van der Waals surface area contributed by atoms with E-state index in [2.05, 4.69) is 5.32 Å². The highest BCUT2D eigenvalue weighted by molar-refractivity contribution is 5.99. The second kappa shape index (κ2) is 5.67. The number of carbonyl (C=O) groups excluding carboxylic acids is 1. The number of halogens is 1. The van der Waals surface area contributed by atoms with Gasteiger partial charge in [0, 0.05) is 12.2 Å². The molecule has 1 heterocycles. The van der Waals surface area contributed by atoms with Crippen LogP contribution in [0.3, 0.4) is 0 Å². The summed E-state index contributed by atoms with van der Waals surface area (Å²) in [6.45, 7) is 1.42. The highest BCUT2D eigenvalue weighted by Crippen LogP contribution is 2.21. The molecule has 0 radical (unpaired) electrons. The van der Waals surface area contributed by atoms with E-state index in [0.717, 1.165) is 0 Å². The minimum atomic E-state index is -0.863. The molecule has 0 aliphatic heterocycles. The molecular formula is C14H14FNO3. The molecule has 0 aliphatic carbocycles. The largest absolute Gasteiger partial charge is 0.467 e. The number of aliphatic hydroxyl groups is 1. The molecule has 0 spiro atoms. The van der Waals surface area contributed by atoms with Gasteiger partial charge in [0.05, 0.1) is 11.8 Å². The fourth-order valence-electron chi connectivity index (χ4n) is 1.82. The molecule has 2 rings (SSSR count). The maximum Gasteiger partial charge on any atom is 0.164 e. The molecule has 2 aromatic rings. The van der Waals surface area contributed by atoms with E-state index in [9.17, 15) is 14.3 Å². The van der Waals surface area contributed by atoms with E-state index in [-0.39, 0.29) is 17.9 Å². The molecule has 19 heavy (non-hydrogen) atoms. The Hall–Kier alpha value is -2.14. The first-order valence-corrected chi connectivity index (χ1v) is 5.84.